The van der Waals surface area contributed by atoms with Crippen LogP contribution in [0.2, 0.25) is 0 Å². The van der Waals surface area contributed by atoms with Crippen LogP contribution < -0.4 is 0 Å². The van der Waals surface area contributed by atoms with Gasteiger partial charge in [0.25, 0.3) is 0 Å². The maximum Gasteiger partial charge on any atom is 0.128 e. The number of nitrogens with zero attached hydrogens (tertiary/aromatic N) is 1. The van der Waals surface area contributed by atoms with Crippen molar-refractivity contribution in [2.45, 2.75) is 12.8 Å². The molecule has 1 radical (unpaired) electrons. The van der Waals surface area contributed by atoms with E-state index in [4.69, 9.17) is 5.41 Å². The van der Waals surface area contributed by atoms with Gasteiger partial charge < -0.3 is 4.90 Å². The van der Waals surface area contributed by atoms with Crippen molar-refractivity contribution in [3.63, 3.8) is 0 Å². The van der Waals surface area contributed by atoms with Gasteiger partial charge in [0.05, 0.1) is 0 Å². The van der Waals surface area contributed by atoms with Crippen molar-refractivity contribution in [2.75, 3.05) is 13.1 Å². The van der Waals surface area contributed by atoms with Gasteiger partial charge in [0.2, 0.25) is 0 Å². The maximum atomic E-state index is 7.94. The van der Waals surface area contributed by atoms with Gasteiger partial charge in [-0.15, -0.1) is 0 Å². The van der Waals surface area contributed by atoms with Crippen LogP contribution >= 0.6 is 0 Å². The first-order chi connectivity index (χ1) is 6.38. The smallest absolute Gasteiger partial charge is 0.128 e. The summed E-state index contributed by atoms with van der Waals surface area (Å²) in [6.45, 7) is 2.08. The predicted molar refractivity (Wildman–Crippen MR) is 52.9 cm³/mol. The van der Waals surface area contributed by atoms with E-state index >= 15 is 0 Å². The zero-order chi connectivity index (χ0) is 9.10. The average Bonchev–Trinajstić information content (AvgIpc) is 2.71. The molecule has 1 saturated heterocycles. The van der Waals surface area contributed by atoms with Crippen LogP contribution in [0.15, 0.2) is 24.3 Å². The molecule has 1 aromatic rings. The van der Waals surface area contributed by atoms with E-state index in [1.165, 1.54) is 12.8 Å². The summed E-state index contributed by atoms with van der Waals surface area (Å²) in [5.74, 6) is 0.659. The molecule has 0 spiro atoms. The monoisotopic (exact) mass is 173 g/mol. The molecular formula is C11H13N2. The Kier molecular flexibility index (Phi) is 2.30. The quantitative estimate of drug-likeness (QED) is 0.509. The summed E-state index contributed by atoms with van der Waals surface area (Å²) in [6, 6.07) is 10.6. The first-order valence-electron chi connectivity index (χ1n) is 4.68. The fraction of sp³-hybridized carbons (Fsp3) is 0.364. The number of benzene rings is 1. The molecule has 2 rings (SSSR count). The third kappa shape index (κ3) is 1.72. The van der Waals surface area contributed by atoms with Crippen molar-refractivity contribution >= 4 is 5.84 Å². The number of hydrogen-bond acceptors (Lipinski definition) is 1. The number of rotatable bonds is 1. The highest BCUT2D eigenvalue weighted by molar-refractivity contribution is 5.96. The van der Waals surface area contributed by atoms with Gasteiger partial charge in [0, 0.05) is 18.7 Å². The van der Waals surface area contributed by atoms with Crippen LogP contribution in [0.25, 0.3) is 0 Å². The molecule has 0 saturated carbocycles. The molecule has 1 aromatic carbocycles. The maximum absolute atomic E-state index is 7.94. The van der Waals surface area contributed by atoms with Crippen LogP contribution in [0.5, 0.6) is 0 Å². The van der Waals surface area contributed by atoms with Gasteiger partial charge in [0.15, 0.2) is 0 Å². The largest absolute Gasteiger partial charge is 0.357 e. The molecule has 1 aliphatic heterocycles. The normalized spacial score (nSPS) is 16.2. The van der Waals surface area contributed by atoms with Crippen molar-refractivity contribution in [1.29, 1.82) is 5.41 Å². The summed E-state index contributed by atoms with van der Waals surface area (Å²) >= 11 is 0. The van der Waals surface area contributed by atoms with Crippen molar-refractivity contribution in [3.8, 4) is 0 Å². The fourth-order valence-corrected chi connectivity index (χ4v) is 1.67. The Balaban J connectivity index is 2.13. The minimum Gasteiger partial charge on any atom is -0.357 e. The summed E-state index contributed by atoms with van der Waals surface area (Å²) in [7, 11) is 0. The molecule has 67 valence electrons. The van der Waals surface area contributed by atoms with Crippen LogP contribution in [-0.4, -0.2) is 23.8 Å². The minimum atomic E-state index is 0.659. The summed E-state index contributed by atoms with van der Waals surface area (Å²) in [5, 5.41) is 7.94. The number of likely N-dealkylation sites (tertiary alicyclic amines) is 1. The molecule has 1 heterocycles. The second-order valence-corrected chi connectivity index (χ2v) is 3.33. The third-order valence-electron chi connectivity index (χ3n) is 2.41. The topological polar surface area (TPSA) is 27.1 Å². The van der Waals surface area contributed by atoms with Gasteiger partial charge in [-0.05, 0) is 18.9 Å². The highest BCUT2D eigenvalue weighted by Crippen LogP contribution is 2.11. The molecule has 0 aromatic heterocycles. The van der Waals surface area contributed by atoms with Crippen LogP contribution in [0.4, 0.5) is 0 Å². The minimum absolute atomic E-state index is 0.659. The summed E-state index contributed by atoms with van der Waals surface area (Å²) in [4.78, 5) is 2.13. The Morgan fingerprint density at radius 2 is 1.85 bits per heavy atom. The molecule has 0 amide bonds. The van der Waals surface area contributed by atoms with Crippen LogP contribution in [0, 0.1) is 11.5 Å². The highest BCUT2D eigenvalue weighted by atomic mass is 15.2. The van der Waals surface area contributed by atoms with Crippen molar-refractivity contribution in [1.82, 2.24) is 4.90 Å². The number of amidine groups is 1. The van der Waals surface area contributed by atoms with Crippen molar-refractivity contribution in [3.05, 3.63) is 35.9 Å². The van der Waals surface area contributed by atoms with Crippen molar-refractivity contribution < 1.29 is 0 Å². The van der Waals surface area contributed by atoms with Crippen LogP contribution in [-0.2, 0) is 0 Å². The molecule has 0 atom stereocenters. The van der Waals surface area contributed by atoms with E-state index in [0.29, 0.717) is 5.84 Å². The lowest BCUT2D eigenvalue weighted by Crippen LogP contribution is -2.27. The Labute approximate surface area is 78.7 Å². The lowest BCUT2D eigenvalue weighted by atomic mass is 10.2. The van der Waals surface area contributed by atoms with Gasteiger partial charge in [0.1, 0.15) is 5.84 Å². The molecule has 0 aliphatic carbocycles. The molecule has 1 fully saturated rings. The zero-order valence-electron chi connectivity index (χ0n) is 7.59. The van der Waals surface area contributed by atoms with E-state index in [1.54, 1.807) is 0 Å². The van der Waals surface area contributed by atoms with E-state index in [1.807, 2.05) is 24.3 Å². The summed E-state index contributed by atoms with van der Waals surface area (Å²) < 4.78 is 0. The van der Waals surface area contributed by atoms with Gasteiger partial charge in [-0.3, -0.25) is 5.41 Å². The zero-order valence-corrected chi connectivity index (χ0v) is 7.59. The molecule has 0 bridgehead atoms. The highest BCUT2D eigenvalue weighted by Gasteiger charge is 2.15. The molecular weight excluding hydrogens is 160 g/mol. The van der Waals surface area contributed by atoms with E-state index in [9.17, 15) is 0 Å². The average molecular weight is 173 g/mol. The Bertz CT molecular complexity index is 286. The van der Waals surface area contributed by atoms with E-state index in [0.717, 1.165) is 18.7 Å². The first-order valence-corrected chi connectivity index (χ1v) is 4.68. The molecule has 2 heteroatoms. The van der Waals surface area contributed by atoms with Gasteiger partial charge in [-0.2, -0.15) is 0 Å². The van der Waals surface area contributed by atoms with Gasteiger partial charge >= 0.3 is 0 Å². The standard InChI is InChI=1S/C11H13N2/c12-11(13-8-4-5-9-13)10-6-2-1-3-7-10/h2-3,6-7,12H,4-5,8-9H2. The van der Waals surface area contributed by atoms with E-state index in [-0.39, 0.29) is 0 Å². The Hall–Kier alpha value is -1.31. The molecule has 13 heavy (non-hydrogen) atoms. The molecule has 0 unspecified atom stereocenters. The van der Waals surface area contributed by atoms with E-state index in [2.05, 4.69) is 11.0 Å². The van der Waals surface area contributed by atoms with Gasteiger partial charge in [-0.1, -0.05) is 24.3 Å². The van der Waals surface area contributed by atoms with Crippen LogP contribution in [0.1, 0.15) is 18.4 Å². The SMILES string of the molecule is N=C(c1cc[c]cc1)N1CCCC1. The fourth-order valence-electron chi connectivity index (χ4n) is 1.67. The third-order valence-corrected chi connectivity index (χ3v) is 2.41. The summed E-state index contributed by atoms with van der Waals surface area (Å²) in [6.07, 6.45) is 2.45. The lowest BCUT2D eigenvalue weighted by molar-refractivity contribution is 0.517. The lowest BCUT2D eigenvalue weighted by Gasteiger charge is -2.18. The molecule has 1 N–H and O–H groups in total. The second kappa shape index (κ2) is 3.60. The molecule has 1 aliphatic rings. The Morgan fingerprint density at radius 3 is 2.46 bits per heavy atom. The number of nitrogens with one attached hydrogen (secondary N) is 1. The number of hydrogen-bond donors (Lipinski definition) is 1. The first kappa shape index (κ1) is 8.30. The predicted octanol–water partition coefficient (Wildman–Crippen LogP) is 1.91. The van der Waals surface area contributed by atoms with E-state index < -0.39 is 0 Å². The van der Waals surface area contributed by atoms with Gasteiger partial charge in [-0.25, -0.2) is 0 Å². The Morgan fingerprint density at radius 1 is 1.23 bits per heavy atom. The summed E-state index contributed by atoms with van der Waals surface area (Å²) in [5.41, 5.74) is 1.00. The van der Waals surface area contributed by atoms with Crippen molar-refractivity contribution in [2.24, 2.45) is 0 Å². The van der Waals surface area contributed by atoms with Crippen LogP contribution in [0.3, 0.4) is 0 Å². The second-order valence-electron chi connectivity index (χ2n) is 3.33. The molecule has 2 nitrogen and oxygen atoms in total.